The molecule has 5 heteroatoms. The average molecular weight is 360 g/mol. The van der Waals surface area contributed by atoms with E-state index in [1.165, 1.54) is 17.2 Å². The van der Waals surface area contributed by atoms with Crippen molar-refractivity contribution >= 4 is 29.2 Å². The first kappa shape index (κ1) is 19.0. The number of amides is 1. The highest BCUT2D eigenvalue weighted by Gasteiger charge is 2.13. The van der Waals surface area contributed by atoms with Crippen LogP contribution in [0.3, 0.4) is 0 Å². The van der Waals surface area contributed by atoms with Crippen molar-refractivity contribution in [1.29, 1.82) is 0 Å². The van der Waals surface area contributed by atoms with Crippen LogP contribution in [0.4, 0.5) is 5.69 Å². The van der Waals surface area contributed by atoms with Crippen molar-refractivity contribution in [1.82, 2.24) is 0 Å². The van der Waals surface area contributed by atoms with Gasteiger partial charge in [-0.05, 0) is 62.1 Å². The van der Waals surface area contributed by atoms with E-state index in [2.05, 4.69) is 31.3 Å². The number of rotatable bonds is 6. The normalized spacial score (nSPS) is 10.4. The molecule has 2 aromatic rings. The van der Waals surface area contributed by atoms with E-state index in [9.17, 15) is 9.59 Å². The van der Waals surface area contributed by atoms with Crippen molar-refractivity contribution in [2.75, 3.05) is 11.9 Å². The standard InChI is InChI=1S/C20H22ClNO3/c1-4-25-20(24)17-12-16(8-9-18(17)21)22-19(23)10-7-15-6-5-13(2)14(3)11-15/h5-6,8-9,11-12H,4,7,10H2,1-3H3,(H,22,23). The van der Waals surface area contributed by atoms with Crippen LogP contribution < -0.4 is 5.32 Å². The molecule has 2 aromatic carbocycles. The van der Waals surface area contributed by atoms with E-state index in [1.807, 2.05) is 6.07 Å². The van der Waals surface area contributed by atoms with Crippen molar-refractivity contribution < 1.29 is 14.3 Å². The van der Waals surface area contributed by atoms with Crippen molar-refractivity contribution in [3.05, 3.63) is 63.7 Å². The minimum Gasteiger partial charge on any atom is -0.462 e. The van der Waals surface area contributed by atoms with Crippen molar-refractivity contribution in [3.63, 3.8) is 0 Å². The molecule has 0 fully saturated rings. The highest BCUT2D eigenvalue weighted by Crippen LogP contribution is 2.22. The Morgan fingerprint density at radius 3 is 2.52 bits per heavy atom. The predicted octanol–water partition coefficient (Wildman–Crippen LogP) is 4.70. The van der Waals surface area contributed by atoms with Crippen LogP contribution in [0.25, 0.3) is 0 Å². The van der Waals surface area contributed by atoms with Crippen molar-refractivity contribution in [3.8, 4) is 0 Å². The van der Waals surface area contributed by atoms with Gasteiger partial charge in [0.05, 0.1) is 17.2 Å². The van der Waals surface area contributed by atoms with E-state index in [0.717, 1.165) is 5.56 Å². The fourth-order valence-electron chi connectivity index (χ4n) is 2.41. The summed E-state index contributed by atoms with van der Waals surface area (Å²) in [5.41, 5.74) is 4.35. The first-order valence-electron chi connectivity index (χ1n) is 8.23. The third-order valence-corrected chi connectivity index (χ3v) is 4.29. The molecule has 132 valence electrons. The van der Waals surface area contributed by atoms with Gasteiger partial charge < -0.3 is 10.1 Å². The number of nitrogens with one attached hydrogen (secondary N) is 1. The number of ether oxygens (including phenoxy) is 1. The maximum atomic E-state index is 12.2. The van der Waals surface area contributed by atoms with Gasteiger partial charge in [0.15, 0.2) is 0 Å². The van der Waals surface area contributed by atoms with E-state index < -0.39 is 5.97 Å². The summed E-state index contributed by atoms with van der Waals surface area (Å²) < 4.78 is 4.96. The zero-order valence-corrected chi connectivity index (χ0v) is 15.4. The van der Waals surface area contributed by atoms with Crippen LogP contribution in [-0.4, -0.2) is 18.5 Å². The first-order valence-corrected chi connectivity index (χ1v) is 8.61. The number of carbonyl (C=O) groups is 2. The summed E-state index contributed by atoms with van der Waals surface area (Å²) in [6, 6.07) is 11.0. The molecule has 0 atom stereocenters. The molecule has 1 amide bonds. The van der Waals surface area contributed by atoms with E-state index in [1.54, 1.807) is 19.1 Å². The van der Waals surface area contributed by atoms with Gasteiger partial charge in [-0.15, -0.1) is 0 Å². The quantitative estimate of drug-likeness (QED) is 0.760. The Morgan fingerprint density at radius 1 is 1.08 bits per heavy atom. The lowest BCUT2D eigenvalue weighted by Gasteiger charge is -2.09. The number of benzene rings is 2. The number of esters is 1. The zero-order chi connectivity index (χ0) is 18.4. The largest absolute Gasteiger partial charge is 0.462 e. The number of anilines is 1. The van der Waals surface area contributed by atoms with E-state index in [-0.39, 0.29) is 18.1 Å². The molecule has 0 saturated carbocycles. The number of halogens is 1. The summed E-state index contributed by atoms with van der Waals surface area (Å²) in [7, 11) is 0. The molecule has 1 N–H and O–H groups in total. The van der Waals surface area contributed by atoms with Gasteiger partial charge in [-0.1, -0.05) is 29.8 Å². The number of carbonyl (C=O) groups excluding carboxylic acids is 2. The summed E-state index contributed by atoms with van der Waals surface area (Å²) in [5.74, 6) is -0.617. The van der Waals surface area contributed by atoms with Crippen LogP contribution in [0.1, 0.15) is 40.4 Å². The van der Waals surface area contributed by atoms with Gasteiger partial charge in [0.1, 0.15) is 0 Å². The lowest BCUT2D eigenvalue weighted by atomic mass is 10.0. The van der Waals surface area contributed by atoms with E-state index in [0.29, 0.717) is 23.6 Å². The molecule has 2 rings (SSSR count). The summed E-state index contributed by atoms with van der Waals surface area (Å²) in [4.78, 5) is 24.0. The van der Waals surface area contributed by atoms with E-state index in [4.69, 9.17) is 16.3 Å². The molecule has 0 aliphatic rings. The van der Waals surface area contributed by atoms with Gasteiger partial charge in [-0.25, -0.2) is 4.79 Å². The second-order valence-corrected chi connectivity index (χ2v) is 6.29. The topological polar surface area (TPSA) is 55.4 Å². The molecule has 0 aliphatic heterocycles. The van der Waals surface area contributed by atoms with Crippen LogP contribution in [0.5, 0.6) is 0 Å². The molecular weight excluding hydrogens is 338 g/mol. The minimum atomic E-state index is -0.501. The second-order valence-electron chi connectivity index (χ2n) is 5.88. The highest BCUT2D eigenvalue weighted by atomic mass is 35.5. The number of hydrogen-bond donors (Lipinski definition) is 1. The van der Waals surface area contributed by atoms with Crippen molar-refractivity contribution in [2.45, 2.75) is 33.6 Å². The fraction of sp³-hybridized carbons (Fsp3) is 0.300. The van der Waals surface area contributed by atoms with Crippen molar-refractivity contribution in [2.24, 2.45) is 0 Å². The summed E-state index contributed by atoms with van der Waals surface area (Å²) in [6.45, 7) is 6.11. The van der Waals surface area contributed by atoms with Crippen LogP contribution in [-0.2, 0) is 16.0 Å². The highest BCUT2D eigenvalue weighted by molar-refractivity contribution is 6.33. The third-order valence-electron chi connectivity index (χ3n) is 3.96. The van der Waals surface area contributed by atoms with E-state index >= 15 is 0 Å². The van der Waals surface area contributed by atoms with Gasteiger partial charge in [0.2, 0.25) is 5.91 Å². The Hall–Kier alpha value is -2.33. The average Bonchev–Trinajstić information content (AvgIpc) is 2.58. The fourth-order valence-corrected chi connectivity index (χ4v) is 2.60. The van der Waals surface area contributed by atoms with Crippen LogP contribution >= 0.6 is 11.6 Å². The molecule has 0 saturated heterocycles. The molecule has 0 aliphatic carbocycles. The Balaban J connectivity index is 1.99. The summed E-state index contributed by atoms with van der Waals surface area (Å²) in [6.07, 6.45) is 1.02. The molecule has 0 radical (unpaired) electrons. The Kier molecular flexibility index (Phi) is 6.59. The maximum Gasteiger partial charge on any atom is 0.339 e. The maximum absolute atomic E-state index is 12.2. The molecule has 0 heterocycles. The smallest absolute Gasteiger partial charge is 0.339 e. The Morgan fingerprint density at radius 2 is 1.84 bits per heavy atom. The lowest BCUT2D eigenvalue weighted by molar-refractivity contribution is -0.116. The van der Waals surface area contributed by atoms with Crippen LogP contribution in [0.2, 0.25) is 5.02 Å². The molecule has 4 nitrogen and oxygen atoms in total. The molecule has 25 heavy (non-hydrogen) atoms. The van der Waals surface area contributed by atoms with Gasteiger partial charge >= 0.3 is 5.97 Å². The van der Waals surface area contributed by atoms with Gasteiger partial charge in [0.25, 0.3) is 0 Å². The molecule has 0 unspecified atom stereocenters. The first-order chi connectivity index (χ1) is 11.9. The molecular formula is C20H22ClNO3. The van der Waals surface area contributed by atoms with Crippen LogP contribution in [0, 0.1) is 13.8 Å². The predicted molar refractivity (Wildman–Crippen MR) is 100 cm³/mol. The number of hydrogen-bond acceptors (Lipinski definition) is 3. The Labute approximate surface area is 153 Å². The minimum absolute atomic E-state index is 0.115. The SMILES string of the molecule is CCOC(=O)c1cc(NC(=O)CCc2ccc(C)c(C)c2)ccc1Cl. The summed E-state index contributed by atoms with van der Waals surface area (Å²) >= 11 is 6.02. The van der Waals surface area contributed by atoms with Gasteiger partial charge in [-0.3, -0.25) is 4.79 Å². The zero-order valence-electron chi connectivity index (χ0n) is 14.7. The van der Waals surface area contributed by atoms with Gasteiger partial charge in [0, 0.05) is 12.1 Å². The Bertz CT molecular complexity index is 787. The lowest BCUT2D eigenvalue weighted by Crippen LogP contribution is -2.13. The molecule has 0 bridgehead atoms. The second kappa shape index (κ2) is 8.67. The molecule has 0 spiro atoms. The third kappa shape index (κ3) is 5.33. The monoisotopic (exact) mass is 359 g/mol. The van der Waals surface area contributed by atoms with Crippen LogP contribution in [0.15, 0.2) is 36.4 Å². The summed E-state index contributed by atoms with van der Waals surface area (Å²) in [5, 5.41) is 3.10. The molecule has 0 aromatic heterocycles. The van der Waals surface area contributed by atoms with Gasteiger partial charge in [-0.2, -0.15) is 0 Å². The number of aryl methyl sites for hydroxylation is 3.